The fraction of sp³-hybridized carbons (Fsp3) is 0.346. The number of benzene rings is 2. The Labute approximate surface area is 213 Å². The van der Waals surface area contributed by atoms with E-state index in [-0.39, 0.29) is 37.5 Å². The number of amides is 5. The molecule has 2 aliphatic rings. The Morgan fingerprint density at radius 3 is 2.64 bits per heavy atom. The van der Waals surface area contributed by atoms with Crippen LogP contribution in [-0.4, -0.2) is 46.5 Å². The summed E-state index contributed by atoms with van der Waals surface area (Å²) in [5.41, 5.74) is 3.07. The van der Waals surface area contributed by atoms with Gasteiger partial charge in [0.25, 0.3) is 5.91 Å². The zero-order valence-corrected chi connectivity index (χ0v) is 20.7. The minimum absolute atomic E-state index is 0.0794. The average Bonchev–Trinajstić information content (AvgIpc) is 3.09. The van der Waals surface area contributed by atoms with E-state index in [9.17, 15) is 24.0 Å². The maximum Gasteiger partial charge on any atom is 0.252 e. The molecule has 10 heteroatoms. The molecule has 3 atom stereocenters. The van der Waals surface area contributed by atoms with Gasteiger partial charge in [0.05, 0.1) is 6.42 Å². The lowest BCUT2D eigenvalue weighted by molar-refractivity contribution is -0.150. The molecule has 4 rings (SSSR count). The molecule has 3 N–H and O–H groups in total. The molecule has 2 heterocycles. The van der Waals surface area contributed by atoms with E-state index in [0.29, 0.717) is 16.4 Å². The number of hydrogen-bond donors (Lipinski definition) is 3. The predicted molar refractivity (Wildman–Crippen MR) is 134 cm³/mol. The first-order valence-electron chi connectivity index (χ1n) is 11.7. The SMILES string of the molecule is Cc1ccc(NC(=O)CC(C)c2cccc(NC3CC(=O)N(C4CCC(=O)NC4=O)C3=O)c2)cc1Cl. The fourth-order valence-corrected chi connectivity index (χ4v) is 4.62. The number of anilines is 2. The number of carbonyl (C=O) groups is 5. The van der Waals surface area contributed by atoms with Crippen LogP contribution in [0.4, 0.5) is 11.4 Å². The summed E-state index contributed by atoms with van der Waals surface area (Å²) in [5, 5.41) is 8.71. The molecule has 0 spiro atoms. The highest BCUT2D eigenvalue weighted by atomic mass is 35.5. The normalized spacial score (nSPS) is 20.8. The van der Waals surface area contributed by atoms with Gasteiger partial charge < -0.3 is 10.6 Å². The molecule has 2 fully saturated rings. The highest BCUT2D eigenvalue weighted by molar-refractivity contribution is 6.31. The van der Waals surface area contributed by atoms with E-state index in [1.807, 2.05) is 38.1 Å². The van der Waals surface area contributed by atoms with Crippen molar-refractivity contribution in [3.8, 4) is 0 Å². The number of hydrogen-bond acceptors (Lipinski definition) is 6. The number of rotatable bonds is 7. The minimum atomic E-state index is -0.970. The van der Waals surface area contributed by atoms with Crippen molar-refractivity contribution >= 4 is 52.5 Å². The van der Waals surface area contributed by atoms with Crippen molar-refractivity contribution in [2.24, 2.45) is 0 Å². The van der Waals surface area contributed by atoms with Crippen molar-refractivity contribution < 1.29 is 24.0 Å². The van der Waals surface area contributed by atoms with Gasteiger partial charge in [-0.05, 0) is 54.7 Å². The number of imide groups is 2. The Morgan fingerprint density at radius 1 is 1.14 bits per heavy atom. The number of piperidine rings is 1. The Bertz CT molecular complexity index is 1250. The first-order valence-corrected chi connectivity index (χ1v) is 12.1. The average molecular weight is 511 g/mol. The van der Waals surface area contributed by atoms with E-state index in [2.05, 4.69) is 16.0 Å². The second-order valence-corrected chi connectivity index (χ2v) is 9.62. The van der Waals surface area contributed by atoms with Gasteiger partial charge in [-0.1, -0.05) is 36.7 Å². The van der Waals surface area contributed by atoms with E-state index < -0.39 is 35.7 Å². The molecule has 9 nitrogen and oxygen atoms in total. The van der Waals surface area contributed by atoms with Crippen LogP contribution in [0.2, 0.25) is 5.02 Å². The summed E-state index contributed by atoms with van der Waals surface area (Å²) in [6.07, 6.45) is 0.353. The van der Waals surface area contributed by atoms with Gasteiger partial charge in [0, 0.05) is 29.2 Å². The molecule has 36 heavy (non-hydrogen) atoms. The lowest BCUT2D eigenvalue weighted by atomic mass is 9.96. The van der Waals surface area contributed by atoms with Crippen molar-refractivity contribution in [2.75, 3.05) is 10.6 Å². The van der Waals surface area contributed by atoms with Crippen LogP contribution in [0.3, 0.4) is 0 Å². The van der Waals surface area contributed by atoms with Crippen LogP contribution in [-0.2, 0) is 24.0 Å². The Morgan fingerprint density at radius 2 is 1.92 bits per heavy atom. The first kappa shape index (κ1) is 25.4. The van der Waals surface area contributed by atoms with E-state index in [1.54, 1.807) is 18.2 Å². The van der Waals surface area contributed by atoms with Crippen LogP contribution in [0.25, 0.3) is 0 Å². The molecular formula is C26H27ClN4O5. The Hall–Kier alpha value is -3.72. The molecule has 0 saturated carbocycles. The number of likely N-dealkylation sites (tertiary alicyclic amines) is 1. The van der Waals surface area contributed by atoms with Crippen molar-refractivity contribution in [3.63, 3.8) is 0 Å². The molecule has 0 bridgehead atoms. The molecule has 2 saturated heterocycles. The molecule has 2 aromatic rings. The molecule has 0 radical (unpaired) electrons. The molecule has 2 aromatic carbocycles. The largest absolute Gasteiger partial charge is 0.373 e. The maximum absolute atomic E-state index is 12.9. The van der Waals surface area contributed by atoms with Crippen LogP contribution >= 0.6 is 11.6 Å². The third-order valence-electron chi connectivity index (χ3n) is 6.45. The summed E-state index contributed by atoms with van der Waals surface area (Å²) >= 11 is 6.13. The Balaban J connectivity index is 1.38. The van der Waals surface area contributed by atoms with Gasteiger partial charge in [0.1, 0.15) is 12.1 Å². The summed E-state index contributed by atoms with van der Waals surface area (Å²) in [7, 11) is 0. The third kappa shape index (κ3) is 5.57. The fourth-order valence-electron chi connectivity index (χ4n) is 4.43. The Kier molecular flexibility index (Phi) is 7.40. The second kappa shape index (κ2) is 10.5. The van der Waals surface area contributed by atoms with Crippen molar-refractivity contribution in [3.05, 3.63) is 58.6 Å². The van der Waals surface area contributed by atoms with E-state index in [4.69, 9.17) is 11.6 Å². The first-order chi connectivity index (χ1) is 17.1. The molecule has 3 unspecified atom stereocenters. The number of halogens is 1. The molecule has 188 valence electrons. The summed E-state index contributed by atoms with van der Waals surface area (Å²) in [6.45, 7) is 3.81. The highest BCUT2D eigenvalue weighted by Gasteiger charge is 2.46. The molecular weight excluding hydrogens is 484 g/mol. The minimum Gasteiger partial charge on any atom is -0.373 e. The lowest BCUT2D eigenvalue weighted by Crippen LogP contribution is -2.54. The van der Waals surface area contributed by atoms with Crippen molar-refractivity contribution in [1.82, 2.24) is 10.2 Å². The van der Waals surface area contributed by atoms with Crippen molar-refractivity contribution in [2.45, 2.75) is 57.5 Å². The quantitative estimate of drug-likeness (QED) is 0.491. The van der Waals surface area contributed by atoms with E-state index in [0.717, 1.165) is 16.0 Å². The summed E-state index contributed by atoms with van der Waals surface area (Å²) < 4.78 is 0. The number of carbonyl (C=O) groups excluding carboxylic acids is 5. The zero-order valence-electron chi connectivity index (χ0n) is 20.0. The smallest absolute Gasteiger partial charge is 0.252 e. The monoisotopic (exact) mass is 510 g/mol. The third-order valence-corrected chi connectivity index (χ3v) is 6.86. The molecule has 5 amide bonds. The maximum atomic E-state index is 12.9. The predicted octanol–water partition coefficient (Wildman–Crippen LogP) is 3.13. The van der Waals surface area contributed by atoms with Gasteiger partial charge in [0.15, 0.2) is 0 Å². The van der Waals surface area contributed by atoms with Gasteiger partial charge in [-0.15, -0.1) is 0 Å². The zero-order chi connectivity index (χ0) is 26.0. The summed E-state index contributed by atoms with van der Waals surface area (Å²) in [5.74, 6) is -2.26. The second-order valence-electron chi connectivity index (χ2n) is 9.21. The van der Waals surface area contributed by atoms with Gasteiger partial charge in [0.2, 0.25) is 23.6 Å². The van der Waals surface area contributed by atoms with Gasteiger partial charge in [-0.25, -0.2) is 0 Å². The van der Waals surface area contributed by atoms with Crippen LogP contribution < -0.4 is 16.0 Å². The van der Waals surface area contributed by atoms with Crippen LogP contribution in [0.15, 0.2) is 42.5 Å². The van der Waals surface area contributed by atoms with Crippen LogP contribution in [0.1, 0.15) is 49.7 Å². The number of aryl methyl sites for hydroxylation is 1. The van der Waals surface area contributed by atoms with Gasteiger partial charge in [-0.2, -0.15) is 0 Å². The standard InChI is InChI=1S/C26H27ClN4O5/c1-14-6-7-18(12-19(14)27)29-23(33)10-15(2)16-4-3-5-17(11-16)28-20-13-24(34)31(26(20)36)21-8-9-22(32)30-25(21)35/h3-7,11-12,15,20-21,28H,8-10,13H2,1-2H3,(H,29,33)(H,30,32,35). The lowest BCUT2D eigenvalue weighted by Gasteiger charge is -2.28. The van der Waals surface area contributed by atoms with Gasteiger partial charge >= 0.3 is 0 Å². The highest BCUT2D eigenvalue weighted by Crippen LogP contribution is 2.27. The van der Waals surface area contributed by atoms with Gasteiger partial charge in [-0.3, -0.25) is 34.2 Å². The number of nitrogens with zero attached hydrogens (tertiary/aromatic N) is 1. The van der Waals surface area contributed by atoms with E-state index in [1.165, 1.54) is 0 Å². The van der Waals surface area contributed by atoms with Crippen LogP contribution in [0.5, 0.6) is 0 Å². The number of nitrogens with one attached hydrogen (secondary N) is 3. The summed E-state index contributed by atoms with van der Waals surface area (Å²) in [4.78, 5) is 62.6. The van der Waals surface area contributed by atoms with Crippen LogP contribution in [0, 0.1) is 6.92 Å². The summed E-state index contributed by atoms with van der Waals surface area (Å²) in [6, 6.07) is 10.9. The molecule has 0 aromatic heterocycles. The topological polar surface area (TPSA) is 125 Å². The van der Waals surface area contributed by atoms with E-state index >= 15 is 0 Å². The van der Waals surface area contributed by atoms with Crippen molar-refractivity contribution in [1.29, 1.82) is 0 Å². The molecule has 0 aliphatic carbocycles. The molecule has 2 aliphatic heterocycles.